The van der Waals surface area contributed by atoms with E-state index in [1.165, 1.54) is 38.6 Å². The maximum atomic E-state index is 3.72. The highest BCUT2D eigenvalue weighted by atomic mass is 14.9. The minimum absolute atomic E-state index is 0.583. The Labute approximate surface area is 82.6 Å². The van der Waals surface area contributed by atoms with E-state index in [2.05, 4.69) is 18.8 Å². The fourth-order valence-electron chi connectivity index (χ4n) is 2.18. The zero-order valence-electron chi connectivity index (χ0n) is 8.94. The molecule has 76 valence electrons. The van der Waals surface area contributed by atoms with E-state index in [0.29, 0.717) is 5.41 Å². The molecular formula is C12H23N. The Morgan fingerprint density at radius 1 is 1.31 bits per heavy atom. The van der Waals surface area contributed by atoms with Crippen LogP contribution in [0.1, 0.15) is 45.4 Å². The lowest BCUT2D eigenvalue weighted by Crippen LogP contribution is -2.33. The second-order valence-electron chi connectivity index (χ2n) is 4.63. The van der Waals surface area contributed by atoms with E-state index >= 15 is 0 Å². The monoisotopic (exact) mass is 181 g/mol. The Hall–Kier alpha value is -0.300. The molecule has 0 aliphatic heterocycles. The summed E-state index contributed by atoms with van der Waals surface area (Å²) >= 11 is 0. The maximum absolute atomic E-state index is 3.72. The van der Waals surface area contributed by atoms with Gasteiger partial charge < -0.3 is 5.32 Å². The Kier molecular flexibility index (Phi) is 4.51. The van der Waals surface area contributed by atoms with Crippen LogP contribution < -0.4 is 5.32 Å². The minimum Gasteiger partial charge on any atom is -0.316 e. The van der Waals surface area contributed by atoms with Gasteiger partial charge in [-0.1, -0.05) is 32.3 Å². The van der Waals surface area contributed by atoms with E-state index in [4.69, 9.17) is 0 Å². The first kappa shape index (κ1) is 10.8. The third-order valence-electron chi connectivity index (χ3n) is 3.14. The average Bonchev–Trinajstić information content (AvgIpc) is 2.14. The molecule has 0 atom stereocenters. The second kappa shape index (κ2) is 5.43. The molecule has 1 aliphatic carbocycles. The third-order valence-corrected chi connectivity index (χ3v) is 3.14. The van der Waals surface area contributed by atoms with Crippen molar-refractivity contribution < 1.29 is 0 Å². The first-order chi connectivity index (χ1) is 6.27. The van der Waals surface area contributed by atoms with Crippen LogP contribution in [0.4, 0.5) is 0 Å². The molecule has 1 rings (SSSR count). The minimum atomic E-state index is 0.583. The van der Waals surface area contributed by atoms with Crippen LogP contribution in [-0.2, 0) is 0 Å². The molecule has 0 bridgehead atoms. The molecule has 13 heavy (non-hydrogen) atoms. The molecule has 0 saturated heterocycles. The number of rotatable bonds is 5. The van der Waals surface area contributed by atoms with E-state index in [0.717, 1.165) is 13.0 Å². The van der Waals surface area contributed by atoms with Crippen LogP contribution in [0.25, 0.3) is 0 Å². The van der Waals surface area contributed by atoms with Crippen LogP contribution in [0.3, 0.4) is 0 Å². The number of hydrogen-bond acceptors (Lipinski definition) is 1. The highest BCUT2D eigenvalue weighted by Crippen LogP contribution is 2.34. The standard InChI is InChI=1S/C12H23N/c1-3-4-10-13-11-12(2)8-6-5-7-9-12/h3,13H,1,4-11H2,2H3. The smallest absolute Gasteiger partial charge is 0.000528 e. The van der Waals surface area contributed by atoms with Crippen molar-refractivity contribution in [3.05, 3.63) is 12.7 Å². The summed E-state index contributed by atoms with van der Waals surface area (Å²) < 4.78 is 0. The summed E-state index contributed by atoms with van der Waals surface area (Å²) in [5, 5.41) is 3.53. The first-order valence-electron chi connectivity index (χ1n) is 5.58. The molecule has 0 amide bonds. The Balaban J connectivity index is 2.13. The van der Waals surface area contributed by atoms with Crippen molar-refractivity contribution >= 4 is 0 Å². The van der Waals surface area contributed by atoms with Gasteiger partial charge in [-0.2, -0.15) is 0 Å². The Bertz CT molecular complexity index is 145. The summed E-state index contributed by atoms with van der Waals surface area (Å²) in [6.07, 6.45) is 10.2. The molecule has 0 heterocycles. The number of nitrogens with one attached hydrogen (secondary N) is 1. The molecule has 0 aromatic carbocycles. The van der Waals surface area contributed by atoms with E-state index in [1.807, 2.05) is 6.08 Å². The third kappa shape index (κ3) is 3.95. The number of hydrogen-bond donors (Lipinski definition) is 1. The molecule has 0 unspecified atom stereocenters. The SMILES string of the molecule is C=CCCNCC1(C)CCCCC1. The van der Waals surface area contributed by atoms with Crippen LogP contribution >= 0.6 is 0 Å². The van der Waals surface area contributed by atoms with Crippen LogP contribution in [0.5, 0.6) is 0 Å². The Morgan fingerprint density at radius 2 is 2.00 bits per heavy atom. The molecule has 1 heteroatoms. The van der Waals surface area contributed by atoms with Gasteiger partial charge in [0.25, 0.3) is 0 Å². The molecule has 1 saturated carbocycles. The average molecular weight is 181 g/mol. The van der Waals surface area contributed by atoms with Gasteiger partial charge in [-0.05, 0) is 31.2 Å². The summed E-state index contributed by atoms with van der Waals surface area (Å²) in [6.45, 7) is 8.44. The van der Waals surface area contributed by atoms with Crippen molar-refractivity contribution in [3.8, 4) is 0 Å². The topological polar surface area (TPSA) is 12.0 Å². The van der Waals surface area contributed by atoms with Crippen LogP contribution in [0, 0.1) is 5.41 Å². The molecule has 1 nitrogen and oxygen atoms in total. The van der Waals surface area contributed by atoms with E-state index < -0.39 is 0 Å². The van der Waals surface area contributed by atoms with Gasteiger partial charge in [-0.15, -0.1) is 6.58 Å². The summed E-state index contributed by atoms with van der Waals surface area (Å²) in [4.78, 5) is 0. The lowest BCUT2D eigenvalue weighted by Gasteiger charge is -2.33. The second-order valence-corrected chi connectivity index (χ2v) is 4.63. The molecule has 0 aromatic rings. The molecule has 0 aromatic heterocycles. The van der Waals surface area contributed by atoms with Gasteiger partial charge in [0.1, 0.15) is 0 Å². The Morgan fingerprint density at radius 3 is 2.62 bits per heavy atom. The van der Waals surface area contributed by atoms with Crippen molar-refractivity contribution in [2.45, 2.75) is 45.4 Å². The van der Waals surface area contributed by atoms with Gasteiger partial charge in [0.2, 0.25) is 0 Å². The summed E-state index contributed by atoms with van der Waals surface area (Å²) in [6, 6.07) is 0. The quantitative estimate of drug-likeness (QED) is 0.507. The lowest BCUT2D eigenvalue weighted by molar-refractivity contribution is 0.209. The van der Waals surface area contributed by atoms with Crippen LogP contribution in [-0.4, -0.2) is 13.1 Å². The zero-order valence-corrected chi connectivity index (χ0v) is 8.94. The van der Waals surface area contributed by atoms with Crippen LogP contribution in [0.15, 0.2) is 12.7 Å². The van der Waals surface area contributed by atoms with Crippen molar-refractivity contribution in [2.24, 2.45) is 5.41 Å². The highest BCUT2D eigenvalue weighted by molar-refractivity contribution is 4.81. The highest BCUT2D eigenvalue weighted by Gasteiger charge is 2.25. The van der Waals surface area contributed by atoms with Crippen molar-refractivity contribution in [3.63, 3.8) is 0 Å². The van der Waals surface area contributed by atoms with E-state index in [9.17, 15) is 0 Å². The van der Waals surface area contributed by atoms with Crippen molar-refractivity contribution in [2.75, 3.05) is 13.1 Å². The van der Waals surface area contributed by atoms with Gasteiger partial charge in [0.05, 0.1) is 0 Å². The van der Waals surface area contributed by atoms with Gasteiger partial charge in [-0.25, -0.2) is 0 Å². The van der Waals surface area contributed by atoms with Gasteiger partial charge in [0.15, 0.2) is 0 Å². The van der Waals surface area contributed by atoms with Gasteiger partial charge >= 0.3 is 0 Å². The summed E-state index contributed by atoms with van der Waals surface area (Å²) in [5.74, 6) is 0. The molecule has 0 spiro atoms. The predicted molar refractivity (Wildman–Crippen MR) is 58.9 cm³/mol. The fourth-order valence-corrected chi connectivity index (χ4v) is 2.18. The predicted octanol–water partition coefficient (Wildman–Crippen LogP) is 3.12. The van der Waals surface area contributed by atoms with Crippen molar-refractivity contribution in [1.29, 1.82) is 0 Å². The molecule has 1 aliphatic rings. The maximum Gasteiger partial charge on any atom is 0.000528 e. The van der Waals surface area contributed by atoms with E-state index in [1.54, 1.807) is 0 Å². The zero-order chi connectivity index (χ0) is 9.57. The van der Waals surface area contributed by atoms with Crippen LogP contribution in [0.2, 0.25) is 0 Å². The lowest BCUT2D eigenvalue weighted by atomic mass is 9.76. The first-order valence-corrected chi connectivity index (χ1v) is 5.58. The van der Waals surface area contributed by atoms with Gasteiger partial charge in [0, 0.05) is 6.54 Å². The molecular weight excluding hydrogens is 158 g/mol. The summed E-state index contributed by atoms with van der Waals surface area (Å²) in [7, 11) is 0. The molecule has 0 radical (unpaired) electrons. The molecule has 1 fully saturated rings. The summed E-state index contributed by atoms with van der Waals surface area (Å²) in [5.41, 5.74) is 0.583. The fraction of sp³-hybridized carbons (Fsp3) is 0.833. The van der Waals surface area contributed by atoms with Crippen molar-refractivity contribution in [1.82, 2.24) is 5.32 Å². The van der Waals surface area contributed by atoms with Gasteiger partial charge in [-0.3, -0.25) is 0 Å². The normalized spacial score (nSPS) is 21.3. The largest absolute Gasteiger partial charge is 0.316 e. The molecule has 1 N–H and O–H groups in total. The van der Waals surface area contributed by atoms with E-state index in [-0.39, 0.29) is 0 Å².